The van der Waals surface area contributed by atoms with E-state index in [9.17, 15) is 4.79 Å². The molecule has 0 fully saturated rings. The molecule has 4 aromatic heterocycles. The van der Waals surface area contributed by atoms with Crippen molar-refractivity contribution >= 4 is 57.1 Å². The molecule has 120 valence electrons. The van der Waals surface area contributed by atoms with Gasteiger partial charge in [0, 0.05) is 18.0 Å². The minimum absolute atomic E-state index is 0.0285. The van der Waals surface area contributed by atoms with Crippen molar-refractivity contribution in [2.45, 2.75) is 6.54 Å². The summed E-state index contributed by atoms with van der Waals surface area (Å²) in [4.78, 5) is 24.9. The lowest BCUT2D eigenvalue weighted by Gasteiger charge is -2.06. The van der Waals surface area contributed by atoms with Crippen LogP contribution in [0.4, 0.5) is 11.5 Å². The summed E-state index contributed by atoms with van der Waals surface area (Å²) in [5.74, 6) is 0.376. The van der Waals surface area contributed by atoms with Gasteiger partial charge in [0.15, 0.2) is 17.1 Å². The van der Waals surface area contributed by atoms with Crippen molar-refractivity contribution in [3.05, 3.63) is 37.1 Å². The standard InChI is InChI=1S/C13H10IN9O/c14-21-10-5-15-9-4-17-23(13(9)20-10)6-12(24)19-8-1-2-22-11(3-8)16-7-18-22/h1-5,7H,6H2,(H,19,24)(H,20,21). The number of nitrogens with one attached hydrogen (secondary N) is 2. The van der Waals surface area contributed by atoms with E-state index in [0.717, 1.165) is 0 Å². The summed E-state index contributed by atoms with van der Waals surface area (Å²) in [6.45, 7) is 0.0285. The molecule has 0 radical (unpaired) electrons. The third kappa shape index (κ3) is 2.73. The maximum atomic E-state index is 12.3. The van der Waals surface area contributed by atoms with Crippen molar-refractivity contribution in [2.75, 3.05) is 8.85 Å². The second-order valence-electron chi connectivity index (χ2n) is 4.89. The third-order valence-corrected chi connectivity index (χ3v) is 3.85. The van der Waals surface area contributed by atoms with Crippen LogP contribution in [-0.2, 0) is 11.3 Å². The molecule has 0 aliphatic carbocycles. The zero-order valence-corrected chi connectivity index (χ0v) is 14.2. The van der Waals surface area contributed by atoms with Crippen LogP contribution in [0.25, 0.3) is 16.8 Å². The monoisotopic (exact) mass is 435 g/mol. The van der Waals surface area contributed by atoms with E-state index in [1.54, 1.807) is 35.2 Å². The van der Waals surface area contributed by atoms with Gasteiger partial charge in [-0.25, -0.2) is 24.1 Å². The molecule has 4 rings (SSSR count). The molecule has 0 saturated carbocycles. The van der Waals surface area contributed by atoms with Crippen molar-refractivity contribution < 1.29 is 4.79 Å². The van der Waals surface area contributed by atoms with Crippen LogP contribution in [-0.4, -0.2) is 40.3 Å². The quantitative estimate of drug-likeness (QED) is 0.367. The number of carbonyl (C=O) groups excluding carboxylic acids is 1. The fraction of sp³-hybridized carbons (Fsp3) is 0.0769. The van der Waals surface area contributed by atoms with E-state index in [2.05, 4.69) is 34.0 Å². The predicted octanol–water partition coefficient (Wildman–Crippen LogP) is 1.27. The van der Waals surface area contributed by atoms with Crippen LogP contribution >= 0.6 is 22.9 Å². The van der Waals surface area contributed by atoms with Gasteiger partial charge >= 0.3 is 0 Å². The van der Waals surface area contributed by atoms with Crippen LogP contribution in [0.15, 0.2) is 37.1 Å². The molecule has 0 aliphatic heterocycles. The van der Waals surface area contributed by atoms with Crippen LogP contribution < -0.4 is 8.85 Å². The summed E-state index contributed by atoms with van der Waals surface area (Å²) in [6.07, 6.45) is 6.36. The molecule has 2 N–H and O–H groups in total. The lowest BCUT2D eigenvalue weighted by molar-refractivity contribution is -0.116. The highest BCUT2D eigenvalue weighted by Gasteiger charge is 2.11. The number of fused-ring (bicyclic) bond motifs is 2. The molecule has 0 atom stereocenters. The molecule has 4 aromatic rings. The Kier molecular flexibility index (Phi) is 3.68. The van der Waals surface area contributed by atoms with Crippen LogP contribution in [0.3, 0.4) is 0 Å². The number of pyridine rings is 1. The number of rotatable bonds is 4. The first-order valence-corrected chi connectivity index (χ1v) is 7.95. The number of nitrogens with zero attached hydrogens (tertiary/aromatic N) is 7. The Morgan fingerprint density at radius 1 is 1.25 bits per heavy atom. The van der Waals surface area contributed by atoms with E-state index in [-0.39, 0.29) is 12.5 Å². The summed E-state index contributed by atoms with van der Waals surface area (Å²) in [5, 5.41) is 11.0. The van der Waals surface area contributed by atoms with Gasteiger partial charge in [0.1, 0.15) is 18.4 Å². The number of halogens is 1. The Balaban J connectivity index is 1.55. The SMILES string of the molecule is O=C(Cn1ncc2ncc(NI)nc21)Nc1ccn2ncnc2c1. The van der Waals surface area contributed by atoms with E-state index in [4.69, 9.17) is 0 Å². The third-order valence-electron chi connectivity index (χ3n) is 3.30. The molecule has 0 spiro atoms. The molecular formula is C13H10IN9O. The largest absolute Gasteiger partial charge is 0.324 e. The van der Waals surface area contributed by atoms with Gasteiger partial charge in [-0.3, -0.25) is 4.79 Å². The maximum absolute atomic E-state index is 12.3. The van der Waals surface area contributed by atoms with Gasteiger partial charge in [-0.2, -0.15) is 10.2 Å². The van der Waals surface area contributed by atoms with Crippen LogP contribution in [0.1, 0.15) is 0 Å². The van der Waals surface area contributed by atoms with Crippen LogP contribution in [0.5, 0.6) is 0 Å². The van der Waals surface area contributed by atoms with E-state index in [0.29, 0.717) is 28.3 Å². The second kappa shape index (κ2) is 5.99. The number of carbonyl (C=O) groups is 1. The second-order valence-corrected chi connectivity index (χ2v) is 5.43. The minimum Gasteiger partial charge on any atom is -0.324 e. The first kappa shape index (κ1) is 14.7. The normalized spacial score (nSPS) is 11.0. The highest BCUT2D eigenvalue weighted by atomic mass is 127. The average molecular weight is 435 g/mol. The number of anilines is 2. The predicted molar refractivity (Wildman–Crippen MR) is 94.6 cm³/mol. The van der Waals surface area contributed by atoms with E-state index >= 15 is 0 Å². The zero-order valence-electron chi connectivity index (χ0n) is 12.1. The van der Waals surface area contributed by atoms with Gasteiger partial charge in [-0.05, 0) is 6.07 Å². The van der Waals surface area contributed by atoms with Gasteiger partial charge in [0.25, 0.3) is 0 Å². The first-order valence-electron chi connectivity index (χ1n) is 6.87. The highest BCUT2D eigenvalue weighted by Crippen LogP contribution is 2.13. The Labute approximate surface area is 148 Å². The molecule has 24 heavy (non-hydrogen) atoms. The molecule has 0 aromatic carbocycles. The van der Waals surface area contributed by atoms with Crippen molar-refractivity contribution in [1.82, 2.24) is 34.3 Å². The number of hydrogen-bond acceptors (Lipinski definition) is 7. The Morgan fingerprint density at radius 3 is 3.04 bits per heavy atom. The number of hydrogen-bond donors (Lipinski definition) is 2. The molecule has 0 bridgehead atoms. The van der Waals surface area contributed by atoms with Crippen LogP contribution in [0, 0.1) is 0 Å². The van der Waals surface area contributed by atoms with Crippen molar-refractivity contribution in [3.63, 3.8) is 0 Å². The molecule has 1 amide bonds. The molecule has 4 heterocycles. The Bertz CT molecular complexity index is 1040. The topological polar surface area (TPSA) is 115 Å². The van der Waals surface area contributed by atoms with Crippen LogP contribution in [0.2, 0.25) is 0 Å². The Morgan fingerprint density at radius 2 is 2.17 bits per heavy atom. The molecule has 0 aliphatic rings. The van der Waals surface area contributed by atoms with Gasteiger partial charge in [0.2, 0.25) is 5.91 Å². The fourth-order valence-electron chi connectivity index (χ4n) is 2.24. The van der Waals surface area contributed by atoms with E-state index in [1.165, 1.54) is 11.0 Å². The minimum atomic E-state index is -0.224. The van der Waals surface area contributed by atoms with E-state index < -0.39 is 0 Å². The van der Waals surface area contributed by atoms with Gasteiger partial charge in [-0.1, -0.05) is 0 Å². The summed E-state index contributed by atoms with van der Waals surface area (Å²) in [7, 11) is 0. The Hall–Kier alpha value is -2.83. The molecule has 0 unspecified atom stereocenters. The number of amides is 1. The molecule has 10 nitrogen and oxygen atoms in total. The fourth-order valence-corrected chi connectivity index (χ4v) is 2.50. The van der Waals surface area contributed by atoms with Gasteiger partial charge in [-0.15, -0.1) is 0 Å². The molecule has 11 heteroatoms. The summed E-state index contributed by atoms with van der Waals surface area (Å²) in [5.41, 5.74) is 2.46. The lowest BCUT2D eigenvalue weighted by atomic mass is 10.4. The molecule has 0 saturated heterocycles. The molecular weight excluding hydrogens is 425 g/mol. The average Bonchev–Trinajstić information content (AvgIpc) is 3.21. The van der Waals surface area contributed by atoms with Crippen molar-refractivity contribution in [2.24, 2.45) is 0 Å². The smallest absolute Gasteiger partial charge is 0.246 e. The number of aromatic nitrogens is 7. The van der Waals surface area contributed by atoms with Gasteiger partial charge in [0.05, 0.1) is 35.3 Å². The zero-order chi connectivity index (χ0) is 16.5. The van der Waals surface area contributed by atoms with Gasteiger partial charge < -0.3 is 8.85 Å². The van der Waals surface area contributed by atoms with Crippen molar-refractivity contribution in [1.29, 1.82) is 0 Å². The lowest BCUT2D eigenvalue weighted by Crippen LogP contribution is -2.19. The first-order chi connectivity index (χ1) is 11.7. The summed E-state index contributed by atoms with van der Waals surface area (Å²) >= 11 is 1.97. The van der Waals surface area contributed by atoms with Crippen molar-refractivity contribution in [3.8, 4) is 0 Å². The van der Waals surface area contributed by atoms with E-state index in [1.807, 2.05) is 22.9 Å². The highest BCUT2D eigenvalue weighted by molar-refractivity contribution is 14.1. The maximum Gasteiger partial charge on any atom is 0.246 e. The summed E-state index contributed by atoms with van der Waals surface area (Å²) in [6, 6.07) is 3.49. The summed E-state index contributed by atoms with van der Waals surface area (Å²) < 4.78 is 6.00.